The number of sulfonamides is 1. The van der Waals surface area contributed by atoms with Crippen molar-refractivity contribution in [2.24, 2.45) is 5.92 Å². The number of piperidine rings is 1. The zero-order valence-corrected chi connectivity index (χ0v) is 17.6. The molecule has 0 aromatic heterocycles. The van der Waals surface area contributed by atoms with Crippen LogP contribution in [-0.2, 0) is 20.6 Å². The van der Waals surface area contributed by atoms with Gasteiger partial charge in [-0.2, -0.15) is 0 Å². The van der Waals surface area contributed by atoms with E-state index < -0.39 is 10.0 Å². The Morgan fingerprint density at radius 1 is 1.07 bits per heavy atom. The lowest BCUT2D eigenvalue weighted by atomic mass is 9.93. The molecule has 1 saturated carbocycles. The average molecular weight is 433 g/mol. The van der Waals surface area contributed by atoms with E-state index in [1.54, 1.807) is 18.2 Å². The Bertz CT molecular complexity index is 771. The van der Waals surface area contributed by atoms with Gasteiger partial charge in [0.2, 0.25) is 15.9 Å². The monoisotopic (exact) mass is 432 g/mol. The second-order valence-electron chi connectivity index (χ2n) is 7.51. The molecular weight excluding hydrogens is 407 g/mol. The minimum absolute atomic E-state index is 0.0830. The molecule has 1 N–H and O–H groups in total. The normalized spacial score (nSPS) is 20.5. The van der Waals surface area contributed by atoms with E-state index >= 15 is 0 Å². The highest BCUT2D eigenvalue weighted by Gasteiger charge is 2.32. The van der Waals surface area contributed by atoms with Crippen LogP contribution >= 0.6 is 23.2 Å². The van der Waals surface area contributed by atoms with Crippen LogP contribution in [0.1, 0.15) is 50.5 Å². The third-order valence-electron chi connectivity index (χ3n) is 5.52. The van der Waals surface area contributed by atoms with Crippen LogP contribution in [0, 0.1) is 5.92 Å². The Morgan fingerprint density at radius 2 is 1.74 bits per heavy atom. The molecule has 2 aliphatic rings. The van der Waals surface area contributed by atoms with Gasteiger partial charge in [-0.3, -0.25) is 4.79 Å². The second kappa shape index (κ2) is 9.12. The van der Waals surface area contributed by atoms with Crippen molar-refractivity contribution in [2.75, 3.05) is 13.1 Å². The van der Waals surface area contributed by atoms with Crippen molar-refractivity contribution in [2.45, 2.75) is 56.7 Å². The topological polar surface area (TPSA) is 66.5 Å². The van der Waals surface area contributed by atoms with Crippen LogP contribution in [-0.4, -0.2) is 37.8 Å². The Morgan fingerprint density at radius 3 is 2.37 bits per heavy atom. The van der Waals surface area contributed by atoms with E-state index in [0.29, 0.717) is 47.6 Å². The molecule has 5 nitrogen and oxygen atoms in total. The summed E-state index contributed by atoms with van der Waals surface area (Å²) in [5.74, 6) is -0.167. The van der Waals surface area contributed by atoms with Crippen LogP contribution in [0.2, 0.25) is 10.0 Å². The summed E-state index contributed by atoms with van der Waals surface area (Å²) in [5, 5.41) is 3.99. The van der Waals surface area contributed by atoms with Crippen molar-refractivity contribution in [1.29, 1.82) is 0 Å². The number of halogens is 2. The molecule has 1 amide bonds. The standard InChI is InChI=1S/C19H26Cl2N2O3S/c20-16-7-6-15(18(21)12-16)13-27(25,26)23-10-8-14(9-11-23)19(24)22-17-4-2-1-3-5-17/h6-7,12,14,17H,1-5,8-11,13H2,(H,22,24). The van der Waals surface area contributed by atoms with Gasteiger partial charge >= 0.3 is 0 Å². The highest BCUT2D eigenvalue weighted by Crippen LogP contribution is 2.27. The summed E-state index contributed by atoms with van der Waals surface area (Å²) in [6.45, 7) is 0.743. The average Bonchev–Trinajstić information content (AvgIpc) is 2.65. The number of benzene rings is 1. The molecule has 27 heavy (non-hydrogen) atoms. The Hall–Kier alpha value is -0.820. The third kappa shape index (κ3) is 5.59. The SMILES string of the molecule is O=C(NC1CCCCC1)C1CCN(S(=O)(=O)Cc2ccc(Cl)cc2Cl)CC1. The molecule has 1 aromatic carbocycles. The predicted molar refractivity (Wildman–Crippen MR) is 108 cm³/mol. The predicted octanol–water partition coefficient (Wildman–Crippen LogP) is 3.98. The maximum atomic E-state index is 12.7. The molecule has 0 spiro atoms. The van der Waals surface area contributed by atoms with Crippen molar-refractivity contribution in [3.8, 4) is 0 Å². The fourth-order valence-corrected chi connectivity index (χ4v) is 6.04. The molecule has 2 fully saturated rings. The summed E-state index contributed by atoms with van der Waals surface area (Å²) in [5.41, 5.74) is 0.540. The second-order valence-corrected chi connectivity index (χ2v) is 10.3. The molecule has 1 saturated heterocycles. The number of nitrogens with zero attached hydrogens (tertiary/aromatic N) is 1. The Kier molecular flexibility index (Phi) is 7.06. The largest absolute Gasteiger partial charge is 0.353 e. The Labute approximate surface area is 171 Å². The van der Waals surface area contributed by atoms with Gasteiger partial charge in [-0.25, -0.2) is 12.7 Å². The number of rotatable bonds is 5. The fourth-order valence-electron chi connectivity index (χ4n) is 3.89. The lowest BCUT2D eigenvalue weighted by Crippen LogP contribution is -2.45. The van der Waals surface area contributed by atoms with Gasteiger partial charge < -0.3 is 5.32 Å². The summed E-state index contributed by atoms with van der Waals surface area (Å²) in [6.07, 6.45) is 6.84. The van der Waals surface area contributed by atoms with Crippen LogP contribution in [0.25, 0.3) is 0 Å². The van der Waals surface area contributed by atoms with Crippen molar-refractivity contribution in [3.63, 3.8) is 0 Å². The van der Waals surface area contributed by atoms with E-state index in [1.807, 2.05) is 0 Å². The van der Waals surface area contributed by atoms with Crippen LogP contribution in [0.15, 0.2) is 18.2 Å². The van der Waals surface area contributed by atoms with Crippen LogP contribution in [0.3, 0.4) is 0 Å². The smallest absolute Gasteiger partial charge is 0.223 e. The van der Waals surface area contributed by atoms with E-state index in [1.165, 1.54) is 23.6 Å². The third-order valence-corrected chi connectivity index (χ3v) is 7.94. The molecule has 0 atom stereocenters. The van der Waals surface area contributed by atoms with Gasteiger partial charge in [-0.05, 0) is 43.4 Å². The van der Waals surface area contributed by atoms with Gasteiger partial charge in [0.05, 0.1) is 5.75 Å². The van der Waals surface area contributed by atoms with Gasteiger partial charge in [-0.15, -0.1) is 0 Å². The lowest BCUT2D eigenvalue weighted by molar-refractivity contribution is -0.127. The molecule has 3 rings (SSSR count). The molecule has 0 unspecified atom stereocenters. The fraction of sp³-hybridized carbons (Fsp3) is 0.632. The number of carbonyl (C=O) groups excluding carboxylic acids is 1. The summed E-state index contributed by atoms with van der Waals surface area (Å²) in [7, 11) is -3.47. The summed E-state index contributed by atoms with van der Waals surface area (Å²) in [4.78, 5) is 12.5. The van der Waals surface area contributed by atoms with Crippen molar-refractivity contribution in [1.82, 2.24) is 9.62 Å². The highest BCUT2D eigenvalue weighted by molar-refractivity contribution is 7.88. The maximum absolute atomic E-state index is 12.7. The molecule has 8 heteroatoms. The first kappa shape index (κ1) is 20.9. The van der Waals surface area contributed by atoms with Gasteiger partial charge in [0, 0.05) is 35.1 Å². The van der Waals surface area contributed by atoms with Crippen LogP contribution < -0.4 is 5.32 Å². The van der Waals surface area contributed by atoms with Gasteiger partial charge in [0.15, 0.2) is 0 Å². The molecule has 0 radical (unpaired) electrons. The van der Waals surface area contributed by atoms with E-state index in [9.17, 15) is 13.2 Å². The van der Waals surface area contributed by atoms with Crippen molar-refractivity contribution >= 4 is 39.1 Å². The minimum Gasteiger partial charge on any atom is -0.353 e. The quantitative estimate of drug-likeness (QED) is 0.764. The maximum Gasteiger partial charge on any atom is 0.223 e. The molecular formula is C19H26Cl2N2O3S. The van der Waals surface area contributed by atoms with Crippen molar-refractivity contribution in [3.05, 3.63) is 33.8 Å². The van der Waals surface area contributed by atoms with Gasteiger partial charge in [0.25, 0.3) is 0 Å². The van der Waals surface area contributed by atoms with Gasteiger partial charge in [0.1, 0.15) is 0 Å². The van der Waals surface area contributed by atoms with E-state index in [-0.39, 0.29) is 17.6 Å². The zero-order valence-electron chi connectivity index (χ0n) is 15.3. The Balaban J connectivity index is 1.53. The first-order chi connectivity index (χ1) is 12.8. The van der Waals surface area contributed by atoms with Crippen molar-refractivity contribution < 1.29 is 13.2 Å². The number of nitrogens with one attached hydrogen (secondary N) is 1. The number of hydrogen-bond donors (Lipinski definition) is 1. The lowest BCUT2D eigenvalue weighted by Gasteiger charge is -2.32. The molecule has 1 aliphatic carbocycles. The molecule has 1 aromatic rings. The zero-order chi connectivity index (χ0) is 19.4. The van der Waals surface area contributed by atoms with E-state index in [2.05, 4.69) is 5.32 Å². The number of hydrogen-bond acceptors (Lipinski definition) is 3. The molecule has 150 valence electrons. The summed E-state index contributed by atoms with van der Waals surface area (Å²) in [6, 6.07) is 5.13. The molecule has 1 aliphatic heterocycles. The summed E-state index contributed by atoms with van der Waals surface area (Å²) < 4.78 is 26.9. The molecule has 1 heterocycles. The van der Waals surface area contributed by atoms with Crippen LogP contribution in [0.4, 0.5) is 0 Å². The number of amides is 1. The minimum atomic E-state index is -3.47. The van der Waals surface area contributed by atoms with E-state index in [4.69, 9.17) is 23.2 Å². The van der Waals surface area contributed by atoms with Gasteiger partial charge in [-0.1, -0.05) is 48.5 Å². The first-order valence-corrected chi connectivity index (χ1v) is 11.9. The number of carbonyl (C=O) groups is 1. The summed E-state index contributed by atoms with van der Waals surface area (Å²) >= 11 is 12.0. The van der Waals surface area contributed by atoms with Crippen LogP contribution in [0.5, 0.6) is 0 Å². The first-order valence-electron chi connectivity index (χ1n) is 9.57. The molecule has 0 bridgehead atoms. The van der Waals surface area contributed by atoms with E-state index in [0.717, 1.165) is 12.8 Å². The highest BCUT2D eigenvalue weighted by atomic mass is 35.5.